The SMILES string of the molecule is Cc1ccccc1C(=O)NC(C(=O)OCC(=O)NC(C)(C#N)C(C)C)C(C)C. The first kappa shape index (κ1) is 23.2. The van der Waals surface area contributed by atoms with Crippen LogP contribution < -0.4 is 10.6 Å². The predicted octanol–water partition coefficient (Wildman–Crippen LogP) is 2.35. The minimum atomic E-state index is -1.06. The molecule has 2 atom stereocenters. The van der Waals surface area contributed by atoms with Crippen LogP contribution in [0.5, 0.6) is 0 Å². The van der Waals surface area contributed by atoms with Gasteiger partial charge in [0.25, 0.3) is 11.8 Å². The highest BCUT2D eigenvalue weighted by atomic mass is 16.5. The van der Waals surface area contributed by atoms with Crippen LogP contribution in [-0.4, -0.2) is 36.0 Å². The van der Waals surface area contributed by atoms with E-state index >= 15 is 0 Å². The molecule has 2 unspecified atom stereocenters. The van der Waals surface area contributed by atoms with Crippen molar-refractivity contribution in [3.63, 3.8) is 0 Å². The van der Waals surface area contributed by atoms with Crippen molar-refractivity contribution in [2.75, 3.05) is 6.61 Å². The fraction of sp³-hybridized carbons (Fsp3) is 0.524. The first-order chi connectivity index (χ1) is 13.0. The van der Waals surface area contributed by atoms with E-state index < -0.39 is 30.1 Å². The van der Waals surface area contributed by atoms with E-state index in [-0.39, 0.29) is 17.7 Å². The largest absolute Gasteiger partial charge is 0.454 e. The van der Waals surface area contributed by atoms with Crippen molar-refractivity contribution in [3.8, 4) is 6.07 Å². The number of carbonyl (C=O) groups is 3. The molecule has 1 aromatic carbocycles. The van der Waals surface area contributed by atoms with E-state index in [1.165, 1.54) is 0 Å². The Morgan fingerprint density at radius 3 is 2.29 bits per heavy atom. The Bertz CT molecular complexity index is 767. The maximum Gasteiger partial charge on any atom is 0.329 e. The van der Waals surface area contributed by atoms with Crippen molar-refractivity contribution in [3.05, 3.63) is 35.4 Å². The van der Waals surface area contributed by atoms with Gasteiger partial charge in [-0.15, -0.1) is 0 Å². The number of esters is 1. The molecule has 1 aromatic rings. The van der Waals surface area contributed by atoms with Crippen molar-refractivity contribution in [2.45, 2.75) is 53.1 Å². The number of ether oxygens (including phenoxy) is 1. The molecule has 7 nitrogen and oxygen atoms in total. The zero-order valence-electron chi connectivity index (χ0n) is 17.3. The zero-order chi connectivity index (χ0) is 21.5. The summed E-state index contributed by atoms with van der Waals surface area (Å²) in [5, 5.41) is 14.5. The number of hydrogen-bond donors (Lipinski definition) is 2. The Balaban J connectivity index is 2.73. The molecule has 0 spiro atoms. The molecule has 0 aliphatic carbocycles. The van der Waals surface area contributed by atoms with E-state index in [0.717, 1.165) is 5.56 Å². The van der Waals surface area contributed by atoms with Gasteiger partial charge in [0, 0.05) is 5.56 Å². The number of nitriles is 1. The van der Waals surface area contributed by atoms with E-state index in [1.807, 2.05) is 32.9 Å². The molecule has 152 valence electrons. The molecular formula is C21H29N3O4. The molecule has 2 N–H and O–H groups in total. The number of nitrogens with one attached hydrogen (secondary N) is 2. The number of nitrogens with zero attached hydrogens (tertiary/aromatic N) is 1. The normalized spacial score (nSPS) is 14.0. The average molecular weight is 387 g/mol. The van der Waals surface area contributed by atoms with E-state index in [2.05, 4.69) is 16.7 Å². The summed E-state index contributed by atoms with van der Waals surface area (Å²) < 4.78 is 5.09. The minimum absolute atomic E-state index is 0.117. The summed E-state index contributed by atoms with van der Waals surface area (Å²) in [6.07, 6.45) is 0. The van der Waals surface area contributed by atoms with Crippen LogP contribution in [0.1, 0.15) is 50.5 Å². The number of benzene rings is 1. The fourth-order valence-electron chi connectivity index (χ4n) is 2.40. The highest BCUT2D eigenvalue weighted by molar-refractivity contribution is 5.98. The smallest absolute Gasteiger partial charge is 0.329 e. The van der Waals surface area contributed by atoms with Crippen molar-refractivity contribution in [2.24, 2.45) is 11.8 Å². The van der Waals surface area contributed by atoms with Crippen LogP contribution in [0.2, 0.25) is 0 Å². The number of carbonyl (C=O) groups excluding carboxylic acids is 3. The first-order valence-corrected chi connectivity index (χ1v) is 9.27. The molecule has 1 rings (SSSR count). The Hall–Kier alpha value is -2.88. The van der Waals surface area contributed by atoms with Crippen LogP contribution >= 0.6 is 0 Å². The Labute approximate surface area is 166 Å². The second-order valence-corrected chi connectivity index (χ2v) is 7.63. The second-order valence-electron chi connectivity index (χ2n) is 7.63. The van der Waals surface area contributed by atoms with Gasteiger partial charge >= 0.3 is 5.97 Å². The van der Waals surface area contributed by atoms with Gasteiger partial charge in [-0.3, -0.25) is 9.59 Å². The first-order valence-electron chi connectivity index (χ1n) is 9.27. The summed E-state index contributed by atoms with van der Waals surface area (Å²) in [5.41, 5.74) is 0.208. The Morgan fingerprint density at radius 2 is 1.79 bits per heavy atom. The van der Waals surface area contributed by atoms with Crippen molar-refractivity contribution in [1.29, 1.82) is 5.26 Å². The predicted molar refractivity (Wildman–Crippen MR) is 105 cm³/mol. The van der Waals surface area contributed by atoms with Crippen molar-refractivity contribution in [1.82, 2.24) is 10.6 Å². The maximum absolute atomic E-state index is 12.5. The summed E-state index contributed by atoms with van der Waals surface area (Å²) in [5.74, 6) is -2.00. The van der Waals surface area contributed by atoms with E-state index in [9.17, 15) is 19.6 Å². The third-order valence-electron chi connectivity index (χ3n) is 4.73. The molecule has 0 saturated carbocycles. The topological polar surface area (TPSA) is 108 Å². The van der Waals surface area contributed by atoms with Crippen molar-refractivity contribution < 1.29 is 19.1 Å². The maximum atomic E-state index is 12.5. The molecular weight excluding hydrogens is 358 g/mol. The number of rotatable bonds is 8. The van der Waals surface area contributed by atoms with Gasteiger partial charge in [0.1, 0.15) is 11.6 Å². The average Bonchev–Trinajstić information content (AvgIpc) is 2.63. The lowest BCUT2D eigenvalue weighted by atomic mass is 9.90. The lowest BCUT2D eigenvalue weighted by Gasteiger charge is -2.27. The van der Waals surface area contributed by atoms with Gasteiger partial charge in [-0.05, 0) is 37.3 Å². The minimum Gasteiger partial charge on any atom is -0.454 e. The third-order valence-corrected chi connectivity index (χ3v) is 4.73. The molecule has 0 radical (unpaired) electrons. The van der Waals surface area contributed by atoms with Crippen LogP contribution in [0.4, 0.5) is 0 Å². The van der Waals surface area contributed by atoms with Gasteiger partial charge in [-0.25, -0.2) is 4.79 Å². The monoisotopic (exact) mass is 387 g/mol. The highest BCUT2D eigenvalue weighted by Crippen LogP contribution is 2.15. The number of hydrogen-bond acceptors (Lipinski definition) is 5. The van der Waals surface area contributed by atoms with Gasteiger partial charge in [0.15, 0.2) is 6.61 Å². The van der Waals surface area contributed by atoms with Gasteiger partial charge in [-0.1, -0.05) is 45.9 Å². The van der Waals surface area contributed by atoms with Crippen LogP contribution in [0.3, 0.4) is 0 Å². The second kappa shape index (κ2) is 9.88. The molecule has 0 heterocycles. The van der Waals surface area contributed by atoms with Crippen molar-refractivity contribution >= 4 is 17.8 Å². The van der Waals surface area contributed by atoms with E-state index in [0.29, 0.717) is 5.56 Å². The van der Waals surface area contributed by atoms with Crippen LogP contribution in [-0.2, 0) is 14.3 Å². The Kier molecular flexibility index (Phi) is 8.17. The third kappa shape index (κ3) is 6.08. The van der Waals surface area contributed by atoms with Gasteiger partial charge in [0.2, 0.25) is 0 Å². The lowest BCUT2D eigenvalue weighted by Crippen LogP contribution is -2.51. The highest BCUT2D eigenvalue weighted by Gasteiger charge is 2.31. The molecule has 0 bridgehead atoms. The lowest BCUT2D eigenvalue weighted by molar-refractivity contribution is -0.151. The summed E-state index contributed by atoms with van der Waals surface area (Å²) in [7, 11) is 0. The summed E-state index contributed by atoms with van der Waals surface area (Å²) in [6, 6.07) is 8.22. The molecule has 7 heteroatoms. The Morgan fingerprint density at radius 1 is 1.18 bits per heavy atom. The van der Waals surface area contributed by atoms with Gasteiger partial charge in [0.05, 0.1) is 6.07 Å². The quantitative estimate of drug-likeness (QED) is 0.666. The molecule has 0 saturated heterocycles. The summed E-state index contributed by atoms with van der Waals surface area (Å²) in [4.78, 5) is 37.0. The van der Waals surface area contributed by atoms with Gasteiger partial charge < -0.3 is 15.4 Å². The standard InChI is InChI=1S/C21H29N3O4/c1-13(2)18(23-19(26)16-10-8-7-9-15(16)5)20(27)28-11-17(25)24-21(6,12-22)14(3)4/h7-10,13-14,18H,11H2,1-6H3,(H,23,26)(H,24,25). The molecule has 0 fully saturated rings. The zero-order valence-corrected chi connectivity index (χ0v) is 17.3. The molecule has 28 heavy (non-hydrogen) atoms. The number of amides is 2. The molecule has 0 aliphatic heterocycles. The van der Waals surface area contributed by atoms with Crippen LogP contribution in [0.25, 0.3) is 0 Å². The fourth-order valence-corrected chi connectivity index (χ4v) is 2.40. The summed E-state index contributed by atoms with van der Waals surface area (Å²) >= 11 is 0. The van der Waals surface area contributed by atoms with Crippen LogP contribution in [0.15, 0.2) is 24.3 Å². The number of aryl methyl sites for hydroxylation is 1. The summed E-state index contributed by atoms with van der Waals surface area (Å²) in [6.45, 7) is 10.1. The molecule has 0 aromatic heterocycles. The molecule has 2 amide bonds. The molecule has 0 aliphatic rings. The van der Waals surface area contributed by atoms with E-state index in [1.54, 1.807) is 32.9 Å². The van der Waals surface area contributed by atoms with E-state index in [4.69, 9.17) is 4.74 Å². The van der Waals surface area contributed by atoms with Gasteiger partial charge in [-0.2, -0.15) is 5.26 Å². The van der Waals surface area contributed by atoms with Crippen LogP contribution in [0, 0.1) is 30.1 Å².